The predicted octanol–water partition coefficient (Wildman–Crippen LogP) is 7.42. The number of fused-ring (bicyclic) bond motifs is 3. The van der Waals surface area contributed by atoms with E-state index in [0.29, 0.717) is 17.5 Å². The van der Waals surface area contributed by atoms with Gasteiger partial charge < -0.3 is 14.8 Å². The molecule has 0 bridgehead atoms. The van der Waals surface area contributed by atoms with Gasteiger partial charge >= 0.3 is 5.97 Å². The van der Waals surface area contributed by atoms with Gasteiger partial charge in [-0.15, -0.1) is 0 Å². The lowest BCUT2D eigenvalue weighted by atomic mass is 9.86. The highest BCUT2D eigenvalue weighted by Gasteiger charge is 2.40. The highest BCUT2D eigenvalue weighted by Crippen LogP contribution is 2.45. The molecule has 0 radical (unpaired) electrons. The Morgan fingerprint density at radius 1 is 1.18 bits per heavy atom. The smallest absolute Gasteiger partial charge is 0.339 e. The number of alkyl halides is 1. The van der Waals surface area contributed by atoms with Crippen LogP contribution >= 0.6 is 11.6 Å². The van der Waals surface area contributed by atoms with Crippen LogP contribution in [0.5, 0.6) is 5.75 Å². The number of carbonyl (C=O) groups is 1. The monoisotopic (exact) mass is 538 g/mol. The molecule has 1 aromatic heterocycles. The largest absolute Gasteiger partial charge is 0.496 e. The number of benzene rings is 3. The lowest BCUT2D eigenvalue weighted by molar-refractivity contribution is 0.0656. The molecule has 4 aromatic rings. The summed E-state index contributed by atoms with van der Waals surface area (Å²) in [6.45, 7) is 5.17. The van der Waals surface area contributed by atoms with Crippen LogP contribution < -0.4 is 4.74 Å². The van der Waals surface area contributed by atoms with E-state index in [0.717, 1.165) is 22.2 Å². The number of methoxy groups -OCH3 is 1. The molecule has 2 heterocycles. The molecule has 0 saturated heterocycles. The molecule has 2 N–H and O–H groups in total. The topological polar surface area (TPSA) is 65.6 Å². The summed E-state index contributed by atoms with van der Waals surface area (Å²) in [5.74, 6) is -1.49. The molecule has 0 fully saturated rings. The summed E-state index contributed by atoms with van der Waals surface area (Å²) in [6.07, 6.45) is 0.693. The zero-order chi connectivity index (χ0) is 27.4. The maximum atomic E-state index is 16.1. The number of aromatic carboxylic acids is 1. The fourth-order valence-electron chi connectivity index (χ4n) is 5.56. The number of aromatic amines is 1. The van der Waals surface area contributed by atoms with Crippen molar-refractivity contribution in [1.82, 2.24) is 9.88 Å². The van der Waals surface area contributed by atoms with E-state index >= 15 is 8.78 Å². The second-order valence-corrected chi connectivity index (χ2v) is 10.9. The Kier molecular flexibility index (Phi) is 6.70. The number of hydrogen-bond donors (Lipinski definition) is 2. The van der Waals surface area contributed by atoms with Crippen LogP contribution in [0.4, 0.5) is 8.78 Å². The summed E-state index contributed by atoms with van der Waals surface area (Å²) >= 11 is 6.82. The van der Waals surface area contributed by atoms with Gasteiger partial charge in [-0.25, -0.2) is 13.6 Å². The van der Waals surface area contributed by atoms with Crippen molar-refractivity contribution < 1.29 is 23.4 Å². The van der Waals surface area contributed by atoms with Crippen molar-refractivity contribution in [2.45, 2.75) is 44.9 Å². The standard InChI is InChI=1S/C30H29ClF2N2O3/c1-16-11-21-19-7-5-6-8-24(19)34-27(21)28(35(16)15-30(2,3)33)26-22(31)12-18(13-23(26)32)17-9-10-20(29(36)37)25(14-17)38-4/h5-10,12-14,16,28,34H,11,15H2,1-4H3,(H,36,37)/t16-,28-/m1/s1. The molecular weight excluding hydrogens is 510 g/mol. The molecule has 0 amide bonds. The van der Waals surface area contributed by atoms with E-state index in [1.54, 1.807) is 18.2 Å². The highest BCUT2D eigenvalue weighted by atomic mass is 35.5. The lowest BCUT2D eigenvalue weighted by Gasteiger charge is -2.43. The number of halogens is 3. The number of rotatable bonds is 6. The molecule has 0 spiro atoms. The van der Waals surface area contributed by atoms with Gasteiger partial charge in [0.15, 0.2) is 0 Å². The Balaban J connectivity index is 1.67. The molecule has 5 rings (SSSR count). The number of carboxylic acid groups (broad SMARTS) is 1. The van der Waals surface area contributed by atoms with Gasteiger partial charge in [0.05, 0.1) is 13.2 Å². The average molecular weight is 539 g/mol. The minimum absolute atomic E-state index is 0.00597. The van der Waals surface area contributed by atoms with E-state index < -0.39 is 23.5 Å². The SMILES string of the molecule is COc1cc(-c2cc(F)c([C@@H]3c4[nH]c5ccccc5c4C[C@@H](C)N3CC(C)(C)F)c(Cl)c2)ccc1C(=O)O. The summed E-state index contributed by atoms with van der Waals surface area (Å²) in [4.78, 5) is 16.9. The summed E-state index contributed by atoms with van der Waals surface area (Å²) in [5.41, 5.74) is 2.64. The van der Waals surface area contributed by atoms with E-state index in [2.05, 4.69) is 4.98 Å². The van der Waals surface area contributed by atoms with Crippen LogP contribution in [0.25, 0.3) is 22.0 Å². The van der Waals surface area contributed by atoms with Crippen molar-refractivity contribution in [2.24, 2.45) is 0 Å². The van der Waals surface area contributed by atoms with E-state index in [-0.39, 0.29) is 34.5 Å². The van der Waals surface area contributed by atoms with Gasteiger partial charge in [0.2, 0.25) is 0 Å². The minimum atomic E-state index is -1.51. The van der Waals surface area contributed by atoms with E-state index in [1.165, 1.54) is 33.1 Å². The Morgan fingerprint density at radius 3 is 2.58 bits per heavy atom. The average Bonchev–Trinajstić information content (AvgIpc) is 3.22. The second kappa shape index (κ2) is 9.71. The molecule has 8 heteroatoms. The number of nitrogens with one attached hydrogen (secondary N) is 1. The lowest BCUT2D eigenvalue weighted by Crippen LogP contribution is -2.48. The second-order valence-electron chi connectivity index (χ2n) is 10.5. The Morgan fingerprint density at radius 2 is 1.92 bits per heavy atom. The van der Waals surface area contributed by atoms with Crippen molar-refractivity contribution in [3.63, 3.8) is 0 Å². The van der Waals surface area contributed by atoms with Gasteiger partial charge in [-0.3, -0.25) is 4.90 Å². The number of para-hydroxylation sites is 1. The molecular formula is C30H29ClF2N2O3. The molecule has 0 aliphatic carbocycles. The third kappa shape index (κ3) is 4.65. The molecule has 38 heavy (non-hydrogen) atoms. The van der Waals surface area contributed by atoms with Gasteiger partial charge in [-0.05, 0) is 74.2 Å². The van der Waals surface area contributed by atoms with Crippen LogP contribution in [0.2, 0.25) is 5.02 Å². The number of aromatic nitrogens is 1. The number of hydrogen-bond acceptors (Lipinski definition) is 3. The third-order valence-electron chi connectivity index (χ3n) is 7.19. The van der Waals surface area contributed by atoms with Gasteiger partial charge in [-0.1, -0.05) is 35.9 Å². The molecule has 2 atom stereocenters. The number of nitrogens with zero attached hydrogens (tertiary/aromatic N) is 1. The number of H-pyrrole nitrogens is 1. The molecule has 1 aliphatic heterocycles. The van der Waals surface area contributed by atoms with Crippen LogP contribution in [0.1, 0.15) is 54.0 Å². The summed E-state index contributed by atoms with van der Waals surface area (Å²) in [6, 6.07) is 14.8. The molecule has 1 aliphatic rings. The molecule has 5 nitrogen and oxygen atoms in total. The van der Waals surface area contributed by atoms with Crippen molar-refractivity contribution in [3.8, 4) is 16.9 Å². The van der Waals surface area contributed by atoms with Gasteiger partial charge in [0, 0.05) is 39.8 Å². The zero-order valence-electron chi connectivity index (χ0n) is 21.6. The maximum Gasteiger partial charge on any atom is 0.339 e. The predicted molar refractivity (Wildman–Crippen MR) is 146 cm³/mol. The molecule has 198 valence electrons. The third-order valence-corrected chi connectivity index (χ3v) is 7.51. The van der Waals surface area contributed by atoms with E-state index in [9.17, 15) is 9.90 Å². The Hall–Kier alpha value is -3.42. The summed E-state index contributed by atoms with van der Waals surface area (Å²) in [7, 11) is 1.38. The summed E-state index contributed by atoms with van der Waals surface area (Å²) in [5, 5.41) is 10.7. The first kappa shape index (κ1) is 26.2. The van der Waals surface area contributed by atoms with Crippen LogP contribution in [0.3, 0.4) is 0 Å². The zero-order valence-corrected chi connectivity index (χ0v) is 22.4. The van der Waals surface area contributed by atoms with Crippen LogP contribution in [-0.2, 0) is 6.42 Å². The van der Waals surface area contributed by atoms with Gasteiger partial charge in [0.1, 0.15) is 22.8 Å². The first-order valence-electron chi connectivity index (χ1n) is 12.4. The maximum absolute atomic E-state index is 16.1. The van der Waals surface area contributed by atoms with Crippen LogP contribution in [0, 0.1) is 5.82 Å². The van der Waals surface area contributed by atoms with E-state index in [4.69, 9.17) is 16.3 Å². The fourth-order valence-corrected chi connectivity index (χ4v) is 5.87. The normalized spacial score (nSPS) is 18.0. The van der Waals surface area contributed by atoms with Crippen LogP contribution in [-0.4, -0.2) is 46.3 Å². The number of ether oxygens (including phenoxy) is 1. The van der Waals surface area contributed by atoms with E-state index in [1.807, 2.05) is 36.1 Å². The Bertz CT molecular complexity index is 1520. The Labute approximate surface area is 225 Å². The van der Waals surface area contributed by atoms with Gasteiger partial charge in [0.25, 0.3) is 0 Å². The van der Waals surface area contributed by atoms with Crippen molar-refractivity contribution in [3.05, 3.63) is 87.8 Å². The fraction of sp³-hybridized carbons (Fsp3) is 0.300. The quantitative estimate of drug-likeness (QED) is 0.268. The minimum Gasteiger partial charge on any atom is -0.496 e. The number of carboxylic acids is 1. The first-order chi connectivity index (χ1) is 18.0. The molecule has 0 unspecified atom stereocenters. The van der Waals surface area contributed by atoms with Crippen molar-refractivity contribution in [2.75, 3.05) is 13.7 Å². The van der Waals surface area contributed by atoms with Gasteiger partial charge in [-0.2, -0.15) is 0 Å². The molecule has 3 aromatic carbocycles. The summed E-state index contributed by atoms with van der Waals surface area (Å²) < 4.78 is 36.4. The van der Waals surface area contributed by atoms with Crippen LogP contribution in [0.15, 0.2) is 54.6 Å². The highest BCUT2D eigenvalue weighted by molar-refractivity contribution is 6.31. The first-order valence-corrected chi connectivity index (χ1v) is 12.8. The van der Waals surface area contributed by atoms with Crippen molar-refractivity contribution in [1.29, 1.82) is 0 Å². The van der Waals surface area contributed by atoms with Crippen molar-refractivity contribution >= 4 is 28.5 Å². The molecule has 0 saturated carbocycles.